The van der Waals surface area contributed by atoms with Gasteiger partial charge in [0.2, 0.25) is 0 Å². The number of rotatable bonds is 1. The number of hydrogen-bond donors (Lipinski definition) is 0. The molecule has 0 aliphatic carbocycles. The Kier molecular flexibility index (Phi) is 12.3. The molecule has 0 amide bonds. The lowest BCUT2D eigenvalue weighted by molar-refractivity contribution is 0.0771. The van der Waals surface area contributed by atoms with Gasteiger partial charge in [-0.1, -0.05) is 0 Å². The van der Waals surface area contributed by atoms with Gasteiger partial charge >= 0.3 is 6.16 Å². The van der Waals surface area contributed by atoms with Crippen LogP contribution in [0, 0.1) is 11.3 Å². The second kappa shape index (κ2) is 10.7. The molecule has 0 spiro atoms. The summed E-state index contributed by atoms with van der Waals surface area (Å²) in [6.45, 7) is 3.52. The van der Waals surface area contributed by atoms with Gasteiger partial charge in [0.25, 0.3) is 0 Å². The first-order valence-electron chi connectivity index (χ1n) is 2.74. The minimum atomic E-state index is -0.623. The Bertz CT molecular complexity index is 117. The summed E-state index contributed by atoms with van der Waals surface area (Å²) in [6.07, 6.45) is -0.623. The first-order chi connectivity index (χ1) is 4.72. The Balaban J connectivity index is 0. The van der Waals surface area contributed by atoms with Gasteiger partial charge in [0.05, 0.1) is 19.8 Å². The van der Waals surface area contributed by atoms with Gasteiger partial charge in [-0.15, -0.1) is 0 Å². The summed E-state index contributed by atoms with van der Waals surface area (Å²) in [4.78, 5) is 9.97. The fraction of sp³-hybridized carbons (Fsp3) is 0.667. The maximum absolute atomic E-state index is 9.97. The van der Waals surface area contributed by atoms with Crippen LogP contribution in [0.3, 0.4) is 0 Å². The topological polar surface area (TPSA) is 59.3 Å². The monoisotopic (exact) mass is 145 g/mol. The second-order valence-corrected chi connectivity index (χ2v) is 1.11. The van der Waals surface area contributed by atoms with Crippen molar-refractivity contribution in [2.75, 3.05) is 13.7 Å². The molecule has 58 valence electrons. The van der Waals surface area contributed by atoms with Gasteiger partial charge < -0.3 is 9.47 Å². The van der Waals surface area contributed by atoms with Gasteiger partial charge in [-0.2, -0.15) is 5.26 Å². The average Bonchev–Trinajstić information content (AvgIpc) is 1.90. The van der Waals surface area contributed by atoms with Gasteiger partial charge in [0, 0.05) is 6.92 Å². The predicted molar refractivity (Wildman–Crippen MR) is 35.3 cm³/mol. The third kappa shape index (κ3) is 15.9. The summed E-state index contributed by atoms with van der Waals surface area (Å²) in [5, 5.41) is 7.32. The molecule has 0 aliphatic rings. The highest BCUT2D eigenvalue weighted by Crippen LogP contribution is 1.77. The Morgan fingerprint density at radius 2 is 2.10 bits per heavy atom. The molecule has 0 aromatic carbocycles. The highest BCUT2D eigenvalue weighted by Gasteiger charge is 1.92. The minimum absolute atomic E-state index is 0.368. The summed E-state index contributed by atoms with van der Waals surface area (Å²) in [7, 11) is 1.28. The number of carbonyl (C=O) groups excluding carboxylic acids is 1. The fourth-order valence-corrected chi connectivity index (χ4v) is 0.177. The van der Waals surface area contributed by atoms with Crippen LogP contribution in [0.1, 0.15) is 13.8 Å². The van der Waals surface area contributed by atoms with Gasteiger partial charge in [0.15, 0.2) is 0 Å². The Morgan fingerprint density at radius 3 is 2.20 bits per heavy atom. The van der Waals surface area contributed by atoms with E-state index in [1.807, 2.05) is 0 Å². The molecule has 0 radical (unpaired) electrons. The van der Waals surface area contributed by atoms with Crippen LogP contribution in [0.5, 0.6) is 0 Å². The summed E-state index contributed by atoms with van der Waals surface area (Å²) in [5.74, 6) is 0. The molecule has 0 rings (SSSR count). The van der Waals surface area contributed by atoms with Gasteiger partial charge in [-0.05, 0) is 6.92 Å². The average molecular weight is 145 g/mol. The van der Waals surface area contributed by atoms with E-state index < -0.39 is 6.16 Å². The molecule has 0 fully saturated rings. The molecule has 0 heterocycles. The fourth-order valence-electron chi connectivity index (χ4n) is 0.177. The van der Waals surface area contributed by atoms with Crippen molar-refractivity contribution in [3.63, 3.8) is 0 Å². The first kappa shape index (κ1) is 11.5. The lowest BCUT2D eigenvalue weighted by Crippen LogP contribution is -2.02. The molecule has 0 saturated heterocycles. The number of hydrogen-bond acceptors (Lipinski definition) is 4. The van der Waals surface area contributed by atoms with Crippen LogP contribution in [0.15, 0.2) is 0 Å². The summed E-state index contributed by atoms with van der Waals surface area (Å²) >= 11 is 0. The Labute approximate surface area is 60.4 Å². The van der Waals surface area contributed by atoms with Gasteiger partial charge in [0.1, 0.15) is 0 Å². The number of ether oxygens (including phenoxy) is 2. The smallest absolute Gasteiger partial charge is 0.438 e. The van der Waals surface area contributed by atoms with E-state index >= 15 is 0 Å². The molecule has 0 unspecified atom stereocenters. The summed E-state index contributed by atoms with van der Waals surface area (Å²) in [5.41, 5.74) is 0. The molecule has 0 aromatic heterocycles. The van der Waals surface area contributed by atoms with Crippen molar-refractivity contribution in [1.82, 2.24) is 0 Å². The van der Waals surface area contributed by atoms with E-state index in [1.54, 1.807) is 13.0 Å². The highest BCUT2D eigenvalue weighted by molar-refractivity contribution is 5.59. The van der Waals surface area contributed by atoms with Crippen molar-refractivity contribution in [1.29, 1.82) is 5.26 Å². The van der Waals surface area contributed by atoms with E-state index in [-0.39, 0.29) is 0 Å². The third-order valence-electron chi connectivity index (χ3n) is 0.429. The molecule has 0 aliphatic heterocycles. The standard InChI is InChI=1S/C4H8O3.C2H3N/c1-3-7-4(5)6-2;1-2-3/h3H2,1-2H3;1H3. The molecule has 10 heavy (non-hydrogen) atoms. The molecule has 0 saturated carbocycles. The van der Waals surface area contributed by atoms with Crippen LogP contribution >= 0.6 is 0 Å². The maximum atomic E-state index is 9.97. The largest absolute Gasteiger partial charge is 0.507 e. The zero-order chi connectivity index (χ0) is 8.41. The molecule has 0 aromatic rings. The SMILES string of the molecule is CC#N.CCOC(=O)OC. The van der Waals surface area contributed by atoms with E-state index in [9.17, 15) is 4.79 Å². The number of nitriles is 1. The van der Waals surface area contributed by atoms with Crippen molar-refractivity contribution >= 4 is 6.16 Å². The zero-order valence-electron chi connectivity index (χ0n) is 6.38. The van der Waals surface area contributed by atoms with Crippen LogP contribution in [0.2, 0.25) is 0 Å². The number of methoxy groups -OCH3 is 1. The van der Waals surface area contributed by atoms with Crippen LogP contribution in [-0.4, -0.2) is 19.9 Å². The van der Waals surface area contributed by atoms with Crippen molar-refractivity contribution in [2.24, 2.45) is 0 Å². The van der Waals surface area contributed by atoms with Crippen molar-refractivity contribution < 1.29 is 14.3 Å². The van der Waals surface area contributed by atoms with Crippen molar-refractivity contribution in [3.8, 4) is 6.07 Å². The van der Waals surface area contributed by atoms with Crippen LogP contribution < -0.4 is 0 Å². The van der Waals surface area contributed by atoms with Gasteiger partial charge in [-0.3, -0.25) is 0 Å². The van der Waals surface area contributed by atoms with Crippen molar-refractivity contribution in [2.45, 2.75) is 13.8 Å². The van der Waals surface area contributed by atoms with E-state index in [4.69, 9.17) is 5.26 Å². The van der Waals surface area contributed by atoms with E-state index in [0.29, 0.717) is 6.61 Å². The zero-order valence-corrected chi connectivity index (χ0v) is 6.38. The van der Waals surface area contributed by atoms with Crippen LogP contribution in [0.4, 0.5) is 4.79 Å². The minimum Gasteiger partial charge on any atom is -0.438 e. The normalized spacial score (nSPS) is 6.20. The lowest BCUT2D eigenvalue weighted by atomic mass is 10.9. The highest BCUT2D eigenvalue weighted by atomic mass is 16.7. The van der Waals surface area contributed by atoms with E-state index in [0.717, 1.165) is 0 Å². The molecular formula is C6H11NO3. The van der Waals surface area contributed by atoms with E-state index in [2.05, 4.69) is 9.47 Å². The van der Waals surface area contributed by atoms with Crippen LogP contribution in [0.25, 0.3) is 0 Å². The van der Waals surface area contributed by atoms with E-state index in [1.165, 1.54) is 14.0 Å². The lowest BCUT2D eigenvalue weighted by Gasteiger charge is -1.94. The number of nitrogens with zero attached hydrogens (tertiary/aromatic N) is 1. The molecule has 4 nitrogen and oxygen atoms in total. The van der Waals surface area contributed by atoms with Gasteiger partial charge in [-0.25, -0.2) is 4.79 Å². The third-order valence-corrected chi connectivity index (χ3v) is 0.429. The summed E-state index contributed by atoms with van der Waals surface area (Å²) < 4.78 is 8.46. The number of carbonyl (C=O) groups is 1. The first-order valence-corrected chi connectivity index (χ1v) is 2.74. The summed E-state index contributed by atoms with van der Waals surface area (Å²) in [6, 6.07) is 1.75. The predicted octanol–water partition coefficient (Wildman–Crippen LogP) is 1.32. The molecule has 4 heteroatoms. The Hall–Kier alpha value is -1.24. The van der Waals surface area contributed by atoms with Crippen molar-refractivity contribution in [3.05, 3.63) is 0 Å². The van der Waals surface area contributed by atoms with Crippen LogP contribution in [-0.2, 0) is 9.47 Å². The molecule has 0 N–H and O–H groups in total. The molecule has 0 atom stereocenters. The second-order valence-electron chi connectivity index (χ2n) is 1.11. The molecule has 0 bridgehead atoms. The maximum Gasteiger partial charge on any atom is 0.507 e. The quantitative estimate of drug-likeness (QED) is 0.522. The Morgan fingerprint density at radius 1 is 1.70 bits per heavy atom. The molecular weight excluding hydrogens is 134 g/mol.